The Morgan fingerprint density at radius 2 is 2.06 bits per heavy atom. The topological polar surface area (TPSA) is 32.3 Å². The van der Waals surface area contributed by atoms with E-state index in [1.165, 1.54) is 0 Å². The van der Waals surface area contributed by atoms with E-state index in [1.54, 1.807) is 0 Å². The zero-order chi connectivity index (χ0) is 12.8. The largest absolute Gasteiger partial charge is 0.319 e. The highest BCUT2D eigenvalue weighted by molar-refractivity contribution is 5.95. The van der Waals surface area contributed by atoms with Crippen LogP contribution in [0.3, 0.4) is 0 Å². The van der Waals surface area contributed by atoms with Crippen LogP contribution in [0.4, 0.5) is 5.69 Å². The van der Waals surface area contributed by atoms with Crippen molar-refractivity contribution in [1.29, 1.82) is 0 Å². The van der Waals surface area contributed by atoms with Gasteiger partial charge in [0.1, 0.15) is 0 Å². The zero-order valence-electron chi connectivity index (χ0n) is 11.2. The van der Waals surface area contributed by atoms with Crippen LogP contribution >= 0.6 is 0 Å². The van der Waals surface area contributed by atoms with Crippen molar-refractivity contribution in [2.24, 2.45) is 5.92 Å². The maximum Gasteiger partial charge on any atom is 0.231 e. The van der Waals surface area contributed by atoms with E-state index in [-0.39, 0.29) is 11.8 Å². The first kappa shape index (κ1) is 13.7. The highest BCUT2D eigenvalue weighted by atomic mass is 16.2. The molecule has 3 nitrogen and oxygen atoms in total. The molecule has 17 heavy (non-hydrogen) atoms. The number of amides is 1. The second-order valence-corrected chi connectivity index (χ2v) is 4.33. The second-order valence-electron chi connectivity index (χ2n) is 4.33. The first-order valence-electron chi connectivity index (χ1n) is 6.13. The molecule has 0 fully saturated rings. The summed E-state index contributed by atoms with van der Waals surface area (Å²) in [6.07, 6.45) is 0. The Balaban J connectivity index is 2.92. The molecular formula is C14H22N2O. The van der Waals surface area contributed by atoms with E-state index in [4.69, 9.17) is 0 Å². The minimum absolute atomic E-state index is 0.000411. The van der Waals surface area contributed by atoms with Gasteiger partial charge in [-0.25, -0.2) is 0 Å². The molecule has 0 saturated heterocycles. The van der Waals surface area contributed by atoms with Gasteiger partial charge in [0.15, 0.2) is 0 Å². The van der Waals surface area contributed by atoms with Gasteiger partial charge in [-0.15, -0.1) is 0 Å². The van der Waals surface area contributed by atoms with E-state index in [1.807, 2.05) is 57.0 Å². The first-order chi connectivity index (χ1) is 8.11. The van der Waals surface area contributed by atoms with Crippen LogP contribution in [0.1, 0.15) is 19.4 Å². The van der Waals surface area contributed by atoms with Gasteiger partial charge in [0, 0.05) is 24.7 Å². The van der Waals surface area contributed by atoms with Crippen molar-refractivity contribution in [1.82, 2.24) is 5.32 Å². The number of benzene rings is 1. The molecule has 1 unspecified atom stereocenters. The third-order valence-corrected chi connectivity index (χ3v) is 2.92. The van der Waals surface area contributed by atoms with Gasteiger partial charge < -0.3 is 10.2 Å². The van der Waals surface area contributed by atoms with Crippen LogP contribution in [0, 0.1) is 12.8 Å². The van der Waals surface area contributed by atoms with Gasteiger partial charge in [-0.1, -0.05) is 25.1 Å². The summed E-state index contributed by atoms with van der Waals surface area (Å²) in [4.78, 5) is 14.2. The molecule has 94 valence electrons. The summed E-state index contributed by atoms with van der Waals surface area (Å²) >= 11 is 0. The smallest absolute Gasteiger partial charge is 0.231 e. The molecule has 1 amide bonds. The SMILES string of the molecule is CCN(C(=O)C(C)CNC)c1ccccc1C. The Bertz CT molecular complexity index is 376. The average molecular weight is 234 g/mol. The van der Waals surface area contributed by atoms with Crippen LogP contribution in [0.25, 0.3) is 0 Å². The van der Waals surface area contributed by atoms with Gasteiger partial charge in [-0.05, 0) is 32.5 Å². The van der Waals surface area contributed by atoms with E-state index in [9.17, 15) is 4.79 Å². The predicted octanol–water partition coefficient (Wildman–Crippen LogP) is 2.20. The minimum atomic E-state index is -0.000411. The summed E-state index contributed by atoms with van der Waals surface area (Å²) in [5.41, 5.74) is 2.15. The lowest BCUT2D eigenvalue weighted by atomic mass is 10.1. The second kappa shape index (κ2) is 6.40. The molecule has 0 bridgehead atoms. The fourth-order valence-corrected chi connectivity index (χ4v) is 1.97. The number of anilines is 1. The first-order valence-corrected chi connectivity index (χ1v) is 6.13. The third-order valence-electron chi connectivity index (χ3n) is 2.92. The quantitative estimate of drug-likeness (QED) is 0.847. The Morgan fingerprint density at radius 1 is 1.41 bits per heavy atom. The highest BCUT2D eigenvalue weighted by Crippen LogP contribution is 2.20. The Hall–Kier alpha value is -1.35. The van der Waals surface area contributed by atoms with Crippen molar-refractivity contribution < 1.29 is 4.79 Å². The monoisotopic (exact) mass is 234 g/mol. The van der Waals surface area contributed by atoms with Crippen molar-refractivity contribution in [3.8, 4) is 0 Å². The van der Waals surface area contributed by atoms with Crippen molar-refractivity contribution in [2.45, 2.75) is 20.8 Å². The maximum absolute atomic E-state index is 12.3. The summed E-state index contributed by atoms with van der Waals surface area (Å²) in [6, 6.07) is 8.01. The number of aryl methyl sites for hydroxylation is 1. The number of carbonyl (C=O) groups is 1. The molecular weight excluding hydrogens is 212 g/mol. The van der Waals surface area contributed by atoms with Gasteiger partial charge >= 0.3 is 0 Å². The zero-order valence-corrected chi connectivity index (χ0v) is 11.2. The van der Waals surface area contributed by atoms with Crippen LogP contribution < -0.4 is 10.2 Å². The lowest BCUT2D eigenvalue weighted by molar-refractivity contribution is -0.121. The van der Waals surface area contributed by atoms with E-state index in [0.29, 0.717) is 13.1 Å². The molecule has 0 aliphatic heterocycles. The minimum Gasteiger partial charge on any atom is -0.319 e. The van der Waals surface area contributed by atoms with Gasteiger partial charge in [-0.3, -0.25) is 4.79 Å². The van der Waals surface area contributed by atoms with Crippen molar-refractivity contribution in [2.75, 3.05) is 25.0 Å². The molecule has 1 N–H and O–H groups in total. The summed E-state index contributed by atoms with van der Waals surface area (Å²) in [5.74, 6) is 0.177. The number of nitrogens with one attached hydrogen (secondary N) is 1. The molecule has 0 aliphatic rings. The maximum atomic E-state index is 12.3. The highest BCUT2D eigenvalue weighted by Gasteiger charge is 2.20. The van der Waals surface area contributed by atoms with Crippen LogP contribution in [0.2, 0.25) is 0 Å². The predicted molar refractivity (Wildman–Crippen MR) is 72.3 cm³/mol. The summed E-state index contributed by atoms with van der Waals surface area (Å²) in [5, 5.41) is 3.05. The number of rotatable bonds is 5. The number of carbonyl (C=O) groups excluding carboxylic acids is 1. The molecule has 1 aromatic rings. The van der Waals surface area contributed by atoms with Crippen LogP contribution in [0.5, 0.6) is 0 Å². The molecule has 3 heteroatoms. The molecule has 1 atom stereocenters. The van der Waals surface area contributed by atoms with Crippen LogP contribution in [0.15, 0.2) is 24.3 Å². The van der Waals surface area contributed by atoms with Gasteiger partial charge in [0.2, 0.25) is 5.91 Å². The van der Waals surface area contributed by atoms with Crippen molar-refractivity contribution >= 4 is 11.6 Å². The Labute approximate surface area is 104 Å². The van der Waals surface area contributed by atoms with E-state index in [2.05, 4.69) is 5.32 Å². The summed E-state index contributed by atoms with van der Waals surface area (Å²) in [7, 11) is 1.87. The molecule has 0 aromatic heterocycles. The Kier molecular flexibility index (Phi) is 5.16. The number of hydrogen-bond acceptors (Lipinski definition) is 2. The number of para-hydroxylation sites is 1. The lowest BCUT2D eigenvalue weighted by Gasteiger charge is -2.26. The normalized spacial score (nSPS) is 12.2. The molecule has 0 radical (unpaired) electrons. The van der Waals surface area contributed by atoms with Crippen LogP contribution in [-0.2, 0) is 4.79 Å². The number of nitrogens with zero attached hydrogens (tertiary/aromatic N) is 1. The Morgan fingerprint density at radius 3 is 2.59 bits per heavy atom. The molecule has 0 heterocycles. The lowest BCUT2D eigenvalue weighted by Crippen LogP contribution is -2.38. The van der Waals surface area contributed by atoms with E-state index < -0.39 is 0 Å². The average Bonchev–Trinajstić information content (AvgIpc) is 2.32. The summed E-state index contributed by atoms with van der Waals surface area (Å²) in [6.45, 7) is 7.42. The third kappa shape index (κ3) is 3.30. The van der Waals surface area contributed by atoms with Crippen molar-refractivity contribution in [3.63, 3.8) is 0 Å². The number of hydrogen-bond donors (Lipinski definition) is 1. The molecule has 0 aliphatic carbocycles. The fourth-order valence-electron chi connectivity index (χ4n) is 1.97. The standard InChI is InChI=1S/C14H22N2O/c1-5-16(14(17)12(3)10-15-4)13-9-7-6-8-11(13)2/h6-9,12,15H,5,10H2,1-4H3. The van der Waals surface area contributed by atoms with Gasteiger partial charge in [-0.2, -0.15) is 0 Å². The summed E-state index contributed by atoms with van der Waals surface area (Å²) < 4.78 is 0. The van der Waals surface area contributed by atoms with Gasteiger partial charge in [0.05, 0.1) is 0 Å². The van der Waals surface area contributed by atoms with Crippen molar-refractivity contribution in [3.05, 3.63) is 29.8 Å². The van der Waals surface area contributed by atoms with E-state index >= 15 is 0 Å². The van der Waals surface area contributed by atoms with E-state index in [0.717, 1.165) is 11.3 Å². The van der Waals surface area contributed by atoms with Gasteiger partial charge in [0.25, 0.3) is 0 Å². The molecule has 0 saturated carbocycles. The fraction of sp³-hybridized carbons (Fsp3) is 0.500. The van der Waals surface area contributed by atoms with Crippen LogP contribution in [-0.4, -0.2) is 26.0 Å². The molecule has 1 aromatic carbocycles. The molecule has 0 spiro atoms. The molecule has 1 rings (SSSR count).